The van der Waals surface area contributed by atoms with Crippen LogP contribution in [-0.2, 0) is 0 Å². The summed E-state index contributed by atoms with van der Waals surface area (Å²) in [6.07, 6.45) is 15.8. The van der Waals surface area contributed by atoms with Crippen LogP contribution in [0.15, 0.2) is 37.0 Å². The first kappa shape index (κ1) is 33.1. The predicted molar refractivity (Wildman–Crippen MR) is 184 cm³/mol. The summed E-state index contributed by atoms with van der Waals surface area (Å²) in [5.41, 5.74) is 14.8. The molecule has 0 unspecified atom stereocenters. The Labute approximate surface area is 279 Å². The van der Waals surface area contributed by atoms with Gasteiger partial charge in [0.1, 0.15) is 5.52 Å². The van der Waals surface area contributed by atoms with Crippen molar-refractivity contribution in [2.45, 2.75) is 76.5 Å². The maximum absolute atomic E-state index is 9.32. The summed E-state index contributed by atoms with van der Waals surface area (Å²) in [4.78, 5) is 27.9. The maximum Gasteiger partial charge on any atom is 0.224 e. The standard InChI is InChI=1S/C16H22N6O.C11H12ClN5O.C5H11N/c1-16(2)5-6-22(16)14-12-13(19-15(17)20-14)21(9-18-12)11-4-3-10(7-11)8-23;12-9-8-10(16-11(13)15-9)17(5-14-8)7-2-1-6(3-7)4-18;1-5(2)3-4-6-5/h3-4,9-11,23H,5-8H2,1-2H3,(H2,17,19,20);1-2,5-7,18H,3-4H2,(H2,13,15,16);6H,3-4H2,1-2H3/t10-,11+;6-,7+;/m11./s1. The molecule has 8 rings (SSSR count). The highest BCUT2D eigenvalue weighted by molar-refractivity contribution is 6.33. The van der Waals surface area contributed by atoms with Crippen LogP contribution >= 0.6 is 11.6 Å². The van der Waals surface area contributed by atoms with E-state index in [0.717, 1.165) is 42.8 Å². The third kappa shape index (κ3) is 6.77. The number of nitrogen functional groups attached to an aromatic ring is 2. The summed E-state index contributed by atoms with van der Waals surface area (Å²) in [7, 11) is 0. The lowest BCUT2D eigenvalue weighted by Crippen LogP contribution is -2.56. The van der Waals surface area contributed by atoms with Gasteiger partial charge >= 0.3 is 0 Å². The topological polar surface area (TPSA) is 195 Å². The highest BCUT2D eigenvalue weighted by Gasteiger charge is 2.39. The largest absolute Gasteiger partial charge is 0.396 e. The van der Waals surface area contributed by atoms with Crippen LogP contribution in [0, 0.1) is 11.8 Å². The van der Waals surface area contributed by atoms with Gasteiger partial charge in [0.05, 0.1) is 24.7 Å². The van der Waals surface area contributed by atoms with Crippen LogP contribution in [0.4, 0.5) is 17.7 Å². The second-order valence-electron chi connectivity index (χ2n) is 14.0. The summed E-state index contributed by atoms with van der Waals surface area (Å²) in [6, 6.07) is 0.279. The first-order valence-corrected chi connectivity index (χ1v) is 16.5. The zero-order valence-electron chi connectivity index (χ0n) is 27.4. The fraction of sp³-hybridized carbons (Fsp3) is 0.562. The van der Waals surface area contributed by atoms with Crippen LogP contribution in [0.3, 0.4) is 0 Å². The summed E-state index contributed by atoms with van der Waals surface area (Å²) in [6.45, 7) is 11.3. The minimum absolute atomic E-state index is 0.0761. The number of imidazole rings is 2. The molecule has 2 fully saturated rings. The molecule has 0 amide bonds. The number of rotatable bonds is 5. The number of nitrogens with one attached hydrogen (secondary N) is 1. The molecule has 4 aliphatic rings. The molecule has 6 heterocycles. The molecule has 0 radical (unpaired) electrons. The number of aliphatic hydroxyl groups excluding tert-OH is 2. The maximum atomic E-state index is 9.32. The van der Waals surface area contributed by atoms with Gasteiger partial charge in [0, 0.05) is 42.7 Å². The molecule has 7 N–H and O–H groups in total. The third-order valence-corrected chi connectivity index (χ3v) is 9.85. The summed E-state index contributed by atoms with van der Waals surface area (Å²) in [5.74, 6) is 1.61. The molecule has 0 spiro atoms. The van der Waals surface area contributed by atoms with E-state index in [-0.39, 0.29) is 59.7 Å². The monoisotopic (exact) mass is 664 g/mol. The van der Waals surface area contributed by atoms with Gasteiger partial charge in [0.15, 0.2) is 27.8 Å². The molecular weight excluding hydrogens is 620 g/mol. The van der Waals surface area contributed by atoms with Crippen LogP contribution in [-0.4, -0.2) is 86.6 Å². The van der Waals surface area contributed by atoms with Gasteiger partial charge in [0.25, 0.3) is 0 Å². The van der Waals surface area contributed by atoms with Crippen LogP contribution in [0.2, 0.25) is 5.15 Å². The van der Waals surface area contributed by atoms with Crippen LogP contribution < -0.4 is 21.7 Å². The SMILES string of the molecule is CC1(C)CCN1.CC1(C)CCN1c1nc(N)nc2c1ncn2[C@H]1C=C[C@@H](CO)C1.Nc1nc(Cl)c2ncn([C@H]3C=C[C@@H](CO)C3)c2n1. The van der Waals surface area contributed by atoms with Gasteiger partial charge in [-0.15, -0.1) is 0 Å². The smallest absolute Gasteiger partial charge is 0.224 e. The number of halogens is 1. The lowest BCUT2D eigenvalue weighted by atomic mass is 9.89. The summed E-state index contributed by atoms with van der Waals surface area (Å²) in [5, 5.41) is 22.0. The first-order chi connectivity index (χ1) is 22.4. The molecule has 0 aromatic carbocycles. The summed E-state index contributed by atoms with van der Waals surface area (Å²) < 4.78 is 3.95. The normalized spacial score (nSPS) is 25.2. The zero-order valence-corrected chi connectivity index (χ0v) is 28.1. The molecule has 14 nitrogen and oxygen atoms in total. The summed E-state index contributed by atoms with van der Waals surface area (Å²) >= 11 is 5.97. The molecule has 2 saturated heterocycles. The van der Waals surface area contributed by atoms with Crippen LogP contribution in [0.1, 0.15) is 65.5 Å². The van der Waals surface area contributed by atoms with E-state index in [2.05, 4.69) is 80.0 Å². The van der Waals surface area contributed by atoms with E-state index in [1.807, 2.05) is 27.6 Å². The van der Waals surface area contributed by atoms with Gasteiger partial charge in [-0.25, -0.2) is 9.97 Å². The third-order valence-electron chi connectivity index (χ3n) is 9.59. The lowest BCUT2D eigenvalue weighted by Gasteiger charge is -2.49. The average Bonchev–Trinajstić information content (AvgIpc) is 3.82. The number of hydrogen-bond acceptors (Lipinski definition) is 12. The molecule has 4 atom stereocenters. The fourth-order valence-electron chi connectivity index (χ4n) is 6.37. The molecule has 0 bridgehead atoms. The number of nitrogens with two attached hydrogens (primary N) is 2. The van der Waals surface area contributed by atoms with Gasteiger partial charge in [-0.2, -0.15) is 19.9 Å². The number of hydrogen-bond donors (Lipinski definition) is 5. The van der Waals surface area contributed by atoms with E-state index in [1.54, 1.807) is 6.33 Å². The van der Waals surface area contributed by atoms with Gasteiger partial charge in [-0.3, -0.25) is 0 Å². The Balaban J connectivity index is 0.000000143. The van der Waals surface area contributed by atoms with Crippen molar-refractivity contribution in [1.82, 2.24) is 44.4 Å². The van der Waals surface area contributed by atoms with Crippen LogP contribution in [0.25, 0.3) is 22.3 Å². The van der Waals surface area contributed by atoms with E-state index in [0.29, 0.717) is 16.7 Å². The number of nitrogens with zero attached hydrogens (tertiary/aromatic N) is 9. The molecule has 0 saturated carbocycles. The molecule has 252 valence electrons. The Morgan fingerprint density at radius 1 is 0.809 bits per heavy atom. The molecule has 2 aliphatic heterocycles. The Kier molecular flexibility index (Phi) is 9.13. The molecule has 4 aromatic heterocycles. The lowest BCUT2D eigenvalue weighted by molar-refractivity contribution is 0.244. The van der Waals surface area contributed by atoms with Crippen molar-refractivity contribution in [2.75, 3.05) is 42.7 Å². The predicted octanol–water partition coefficient (Wildman–Crippen LogP) is 3.44. The highest BCUT2D eigenvalue weighted by Crippen LogP contribution is 2.38. The van der Waals surface area contributed by atoms with Crippen molar-refractivity contribution >= 4 is 51.6 Å². The first-order valence-electron chi connectivity index (χ1n) is 16.2. The van der Waals surface area contributed by atoms with Crippen molar-refractivity contribution in [1.29, 1.82) is 0 Å². The number of fused-ring (bicyclic) bond motifs is 2. The molecular formula is C32H45ClN12O2. The number of allylic oxidation sites excluding steroid dienone is 2. The molecule has 2 aliphatic carbocycles. The Morgan fingerprint density at radius 3 is 1.74 bits per heavy atom. The Hall–Kier alpha value is -3.85. The quantitative estimate of drug-likeness (QED) is 0.154. The fourth-order valence-corrected chi connectivity index (χ4v) is 6.59. The van der Waals surface area contributed by atoms with Crippen molar-refractivity contribution in [3.8, 4) is 0 Å². The van der Waals surface area contributed by atoms with E-state index < -0.39 is 0 Å². The van der Waals surface area contributed by atoms with Gasteiger partial charge in [-0.05, 0) is 59.9 Å². The van der Waals surface area contributed by atoms with E-state index in [9.17, 15) is 5.11 Å². The van der Waals surface area contributed by atoms with Gasteiger partial charge in [0.2, 0.25) is 11.9 Å². The second-order valence-corrected chi connectivity index (χ2v) is 14.3. The molecule has 15 heteroatoms. The molecule has 4 aromatic rings. The second kappa shape index (κ2) is 13.0. The van der Waals surface area contributed by atoms with Gasteiger partial charge in [-0.1, -0.05) is 35.9 Å². The number of aliphatic hydroxyl groups is 2. The minimum Gasteiger partial charge on any atom is -0.396 e. The average molecular weight is 665 g/mol. The van der Waals surface area contributed by atoms with Gasteiger partial charge < -0.3 is 41.0 Å². The highest BCUT2D eigenvalue weighted by atomic mass is 35.5. The molecule has 47 heavy (non-hydrogen) atoms. The van der Waals surface area contributed by atoms with E-state index in [4.69, 9.17) is 28.2 Å². The van der Waals surface area contributed by atoms with Crippen molar-refractivity contribution < 1.29 is 10.2 Å². The van der Waals surface area contributed by atoms with Crippen molar-refractivity contribution in [3.05, 3.63) is 42.1 Å². The van der Waals surface area contributed by atoms with Crippen LogP contribution in [0.5, 0.6) is 0 Å². The Morgan fingerprint density at radius 2 is 1.32 bits per heavy atom. The zero-order chi connectivity index (χ0) is 33.5. The number of aromatic nitrogens is 8. The van der Waals surface area contributed by atoms with E-state index in [1.165, 1.54) is 13.0 Å². The van der Waals surface area contributed by atoms with E-state index >= 15 is 0 Å². The number of anilines is 3. The minimum atomic E-state index is 0.0761. The van der Waals surface area contributed by atoms with Crippen molar-refractivity contribution in [2.24, 2.45) is 11.8 Å². The Bertz CT molecular complexity index is 1790. The van der Waals surface area contributed by atoms with Crippen molar-refractivity contribution in [3.63, 3.8) is 0 Å².